The Hall–Kier alpha value is -0.440. The van der Waals surface area contributed by atoms with Gasteiger partial charge in [-0.15, -0.1) is 12.3 Å². The van der Waals surface area contributed by atoms with Gasteiger partial charge < -0.3 is 0 Å². The molecular formula is C9H22. The Morgan fingerprint density at radius 2 is 0.778 bits per heavy atom. The van der Waals surface area contributed by atoms with Crippen molar-refractivity contribution in [3.63, 3.8) is 0 Å². The number of hydrogen-bond donors (Lipinski definition) is 0. The monoisotopic (exact) mass is 130 g/mol. The van der Waals surface area contributed by atoms with E-state index in [9.17, 15) is 0 Å². The van der Waals surface area contributed by atoms with Crippen LogP contribution in [0.4, 0.5) is 0 Å². The SMILES string of the molecule is C#CC.CC.CC.CC. The first-order valence-corrected chi connectivity index (χ1v) is 3.79. The van der Waals surface area contributed by atoms with Gasteiger partial charge in [0, 0.05) is 0 Å². The summed E-state index contributed by atoms with van der Waals surface area (Å²) in [6, 6.07) is 0. The molecule has 0 atom stereocenters. The van der Waals surface area contributed by atoms with Crippen molar-refractivity contribution in [3.8, 4) is 12.3 Å². The molecule has 0 rings (SSSR count). The molecule has 0 aliphatic heterocycles. The molecule has 58 valence electrons. The van der Waals surface area contributed by atoms with Crippen molar-refractivity contribution in [2.75, 3.05) is 0 Å². The molecule has 0 radical (unpaired) electrons. The van der Waals surface area contributed by atoms with Crippen molar-refractivity contribution in [1.29, 1.82) is 0 Å². The minimum absolute atomic E-state index is 1.65. The van der Waals surface area contributed by atoms with Crippen molar-refractivity contribution >= 4 is 0 Å². The van der Waals surface area contributed by atoms with Gasteiger partial charge in [0.25, 0.3) is 0 Å². The number of rotatable bonds is 0. The Kier molecular flexibility index (Phi) is 2710. The van der Waals surface area contributed by atoms with Crippen LogP contribution in [0.15, 0.2) is 0 Å². The summed E-state index contributed by atoms with van der Waals surface area (Å²) in [6.07, 6.45) is 4.60. The lowest BCUT2D eigenvalue weighted by Crippen LogP contribution is -1.10. The van der Waals surface area contributed by atoms with Crippen molar-refractivity contribution in [2.24, 2.45) is 0 Å². The lowest BCUT2D eigenvalue weighted by atomic mass is 10.9. The van der Waals surface area contributed by atoms with Gasteiger partial charge >= 0.3 is 0 Å². The Labute approximate surface area is 61.7 Å². The van der Waals surface area contributed by atoms with Crippen LogP contribution >= 0.6 is 0 Å². The fourth-order valence-corrected chi connectivity index (χ4v) is 0. The minimum Gasteiger partial charge on any atom is -0.120 e. The molecule has 0 saturated heterocycles. The van der Waals surface area contributed by atoms with Crippen LogP contribution in [0.1, 0.15) is 48.5 Å². The van der Waals surface area contributed by atoms with Gasteiger partial charge in [0.05, 0.1) is 0 Å². The maximum atomic E-state index is 4.60. The molecule has 0 aromatic heterocycles. The molecule has 0 unspecified atom stereocenters. The first-order valence-electron chi connectivity index (χ1n) is 3.79. The summed E-state index contributed by atoms with van der Waals surface area (Å²) in [7, 11) is 0. The first-order chi connectivity index (χ1) is 4.41. The highest BCUT2D eigenvalue weighted by Crippen LogP contribution is 1.21. The predicted octanol–water partition coefficient (Wildman–Crippen LogP) is 3.72. The summed E-state index contributed by atoms with van der Waals surface area (Å²) in [5.41, 5.74) is 0. The predicted molar refractivity (Wildman–Crippen MR) is 48.6 cm³/mol. The largest absolute Gasteiger partial charge is 0.120 e. The van der Waals surface area contributed by atoms with Gasteiger partial charge in [0.1, 0.15) is 0 Å². The molecule has 0 nitrogen and oxygen atoms in total. The molecule has 0 aliphatic rings. The molecule has 0 aromatic rings. The zero-order chi connectivity index (χ0) is 8.71. The lowest BCUT2D eigenvalue weighted by Gasteiger charge is -1.23. The third-order valence-electron chi connectivity index (χ3n) is 0. The van der Waals surface area contributed by atoms with Crippen LogP contribution in [0.3, 0.4) is 0 Å². The molecule has 0 amide bonds. The molecule has 0 heterocycles. The summed E-state index contributed by atoms with van der Waals surface area (Å²) < 4.78 is 0. The van der Waals surface area contributed by atoms with E-state index in [4.69, 9.17) is 0 Å². The quantitative estimate of drug-likeness (QED) is 0.438. The highest BCUT2D eigenvalue weighted by atomic mass is 13.2. The molecular weight excluding hydrogens is 108 g/mol. The van der Waals surface area contributed by atoms with Crippen molar-refractivity contribution < 1.29 is 0 Å². The number of terminal acetylenes is 1. The van der Waals surface area contributed by atoms with E-state index in [1.54, 1.807) is 6.92 Å². The van der Waals surface area contributed by atoms with Gasteiger partial charge in [-0.1, -0.05) is 41.5 Å². The van der Waals surface area contributed by atoms with Crippen LogP contribution in [0.2, 0.25) is 0 Å². The third-order valence-corrected chi connectivity index (χ3v) is 0. The standard InChI is InChI=1S/C3H4.3C2H6/c1-3-2;3*1-2/h1H,2H3;3*1-2H3. The lowest BCUT2D eigenvalue weighted by molar-refractivity contribution is 1.50. The molecule has 0 aromatic carbocycles. The average molecular weight is 130 g/mol. The molecule has 0 N–H and O–H groups in total. The second-order valence-electron chi connectivity index (χ2n) is 0.289. The summed E-state index contributed by atoms with van der Waals surface area (Å²) >= 11 is 0. The van der Waals surface area contributed by atoms with Crippen molar-refractivity contribution in [1.82, 2.24) is 0 Å². The van der Waals surface area contributed by atoms with Gasteiger partial charge in [-0.3, -0.25) is 0 Å². The second kappa shape index (κ2) is 1040. The maximum absolute atomic E-state index is 4.60. The summed E-state index contributed by atoms with van der Waals surface area (Å²) in [6.45, 7) is 13.7. The molecule has 0 fully saturated rings. The molecule has 0 aliphatic carbocycles. The van der Waals surface area contributed by atoms with Crippen LogP contribution in [0.5, 0.6) is 0 Å². The van der Waals surface area contributed by atoms with E-state index in [-0.39, 0.29) is 0 Å². The Balaban J connectivity index is -0.0000000190. The maximum Gasteiger partial charge on any atom is -0.00297 e. The Morgan fingerprint density at radius 3 is 0.778 bits per heavy atom. The molecule has 0 spiro atoms. The van der Waals surface area contributed by atoms with E-state index >= 15 is 0 Å². The van der Waals surface area contributed by atoms with E-state index in [2.05, 4.69) is 12.3 Å². The van der Waals surface area contributed by atoms with E-state index < -0.39 is 0 Å². The van der Waals surface area contributed by atoms with E-state index in [1.807, 2.05) is 41.5 Å². The highest BCUT2D eigenvalue weighted by molar-refractivity contribution is 4.73. The van der Waals surface area contributed by atoms with Crippen LogP contribution < -0.4 is 0 Å². The molecule has 0 bridgehead atoms. The summed E-state index contributed by atoms with van der Waals surface area (Å²) in [5, 5.41) is 0. The fraction of sp³-hybridized carbons (Fsp3) is 0.778. The average Bonchev–Trinajstić information content (AvgIpc) is 2.01. The zero-order valence-corrected chi connectivity index (χ0v) is 8.08. The fourth-order valence-electron chi connectivity index (χ4n) is 0. The van der Waals surface area contributed by atoms with Crippen LogP contribution in [0, 0.1) is 12.3 Å². The highest BCUT2D eigenvalue weighted by Gasteiger charge is 1.09. The second-order valence-corrected chi connectivity index (χ2v) is 0.289. The Bertz CT molecular complexity index is 21.5. The topological polar surface area (TPSA) is 0 Å². The van der Waals surface area contributed by atoms with Crippen LogP contribution in [-0.4, -0.2) is 0 Å². The summed E-state index contributed by atoms with van der Waals surface area (Å²) in [5.74, 6) is 2.25. The van der Waals surface area contributed by atoms with Gasteiger partial charge in [-0.05, 0) is 6.92 Å². The van der Waals surface area contributed by atoms with Gasteiger partial charge in [-0.2, -0.15) is 0 Å². The van der Waals surface area contributed by atoms with E-state index in [0.717, 1.165) is 0 Å². The summed E-state index contributed by atoms with van der Waals surface area (Å²) in [4.78, 5) is 0. The van der Waals surface area contributed by atoms with Crippen molar-refractivity contribution in [2.45, 2.75) is 48.5 Å². The van der Waals surface area contributed by atoms with Crippen molar-refractivity contribution in [3.05, 3.63) is 0 Å². The van der Waals surface area contributed by atoms with Crippen LogP contribution in [-0.2, 0) is 0 Å². The smallest absolute Gasteiger partial charge is 0.00297 e. The van der Waals surface area contributed by atoms with Crippen LogP contribution in [0.25, 0.3) is 0 Å². The molecule has 0 saturated carbocycles. The third kappa shape index (κ3) is 1210. The van der Waals surface area contributed by atoms with Gasteiger partial charge in [0.15, 0.2) is 0 Å². The Morgan fingerprint density at radius 1 is 0.778 bits per heavy atom. The zero-order valence-electron chi connectivity index (χ0n) is 8.08. The normalized spacial score (nSPS) is 2.89. The minimum atomic E-state index is 1.65. The molecule has 9 heavy (non-hydrogen) atoms. The van der Waals surface area contributed by atoms with Gasteiger partial charge in [0.2, 0.25) is 0 Å². The van der Waals surface area contributed by atoms with E-state index in [1.165, 1.54) is 0 Å². The van der Waals surface area contributed by atoms with E-state index in [0.29, 0.717) is 0 Å². The number of hydrogen-bond acceptors (Lipinski definition) is 0. The first kappa shape index (κ1) is 23.5. The molecule has 0 heteroatoms. The van der Waals surface area contributed by atoms with Gasteiger partial charge in [-0.25, -0.2) is 0 Å².